The minimum absolute atomic E-state index is 0.386. The number of carbonyl (C=O) groups is 1. The molecule has 1 saturated heterocycles. The molecule has 4 rings (SSSR count). The van der Waals surface area contributed by atoms with E-state index in [0.29, 0.717) is 35.5 Å². The fourth-order valence-electron chi connectivity index (χ4n) is 4.02. The fourth-order valence-corrected chi connectivity index (χ4v) is 4.02. The van der Waals surface area contributed by atoms with Gasteiger partial charge in [-0.25, -0.2) is 4.79 Å². The molecule has 1 aliphatic heterocycles. The lowest BCUT2D eigenvalue weighted by atomic mass is 9.85. The molecule has 0 radical (unpaired) electrons. The van der Waals surface area contributed by atoms with Crippen LogP contribution in [0.4, 0.5) is 0 Å². The van der Waals surface area contributed by atoms with Gasteiger partial charge in [-0.05, 0) is 43.0 Å². The number of hydrogen-bond donors (Lipinski definition) is 2. The highest BCUT2D eigenvalue weighted by atomic mass is 16.5. The van der Waals surface area contributed by atoms with Gasteiger partial charge >= 0.3 is 5.97 Å². The first-order valence-electron chi connectivity index (χ1n) is 8.83. The Bertz CT molecular complexity index is 766. The van der Waals surface area contributed by atoms with Gasteiger partial charge in [0.1, 0.15) is 0 Å². The van der Waals surface area contributed by atoms with Crippen molar-refractivity contribution in [2.75, 3.05) is 19.7 Å². The van der Waals surface area contributed by atoms with Gasteiger partial charge in [0.25, 0.3) is 0 Å². The molecular weight excluding hydrogens is 314 g/mol. The number of rotatable bonds is 5. The van der Waals surface area contributed by atoms with Crippen molar-refractivity contribution in [1.29, 1.82) is 0 Å². The molecule has 25 heavy (non-hydrogen) atoms. The van der Waals surface area contributed by atoms with E-state index in [1.807, 2.05) is 43.3 Å². The molecule has 4 heteroatoms. The summed E-state index contributed by atoms with van der Waals surface area (Å²) in [7, 11) is 0. The first-order chi connectivity index (χ1) is 12.1. The third-order valence-corrected chi connectivity index (χ3v) is 5.60. The molecule has 0 spiro atoms. The molecule has 0 aromatic heterocycles. The number of nitrogens with one attached hydrogen (secondary N) is 1. The summed E-state index contributed by atoms with van der Waals surface area (Å²) in [5.41, 5.74) is 0.280. The maximum Gasteiger partial charge on any atom is 0.347 e. The van der Waals surface area contributed by atoms with Crippen LogP contribution in [0.25, 0.3) is 0 Å². The summed E-state index contributed by atoms with van der Waals surface area (Å²) in [6.07, 6.45) is 0. The number of benzene rings is 2. The Hall–Kier alpha value is -2.17. The van der Waals surface area contributed by atoms with Crippen LogP contribution in [0.15, 0.2) is 54.6 Å². The summed E-state index contributed by atoms with van der Waals surface area (Å²) >= 11 is 0. The lowest BCUT2D eigenvalue weighted by Crippen LogP contribution is -2.39. The molecule has 0 bridgehead atoms. The van der Waals surface area contributed by atoms with E-state index in [9.17, 15) is 9.90 Å². The number of ether oxygens (including phenoxy) is 1. The summed E-state index contributed by atoms with van der Waals surface area (Å²) in [5.74, 6) is 1.08. The maximum atomic E-state index is 12.9. The zero-order valence-corrected chi connectivity index (χ0v) is 14.3. The molecule has 2 aromatic carbocycles. The van der Waals surface area contributed by atoms with Crippen molar-refractivity contribution in [1.82, 2.24) is 5.32 Å². The van der Waals surface area contributed by atoms with Crippen LogP contribution in [0, 0.1) is 24.7 Å². The third-order valence-electron chi connectivity index (χ3n) is 5.60. The lowest BCUT2D eigenvalue weighted by Gasteiger charge is -2.27. The Kier molecular flexibility index (Phi) is 4.10. The Balaban J connectivity index is 1.60. The van der Waals surface area contributed by atoms with Crippen LogP contribution in [0.1, 0.15) is 16.7 Å². The quantitative estimate of drug-likeness (QED) is 0.822. The average Bonchev–Trinajstić information content (AvgIpc) is 3.06. The SMILES string of the molecule is Cc1cccc([C@](O)(C(=O)OCC2[C@H]3CNC[C@@H]23)c2ccccc2)c1. The first-order valence-corrected chi connectivity index (χ1v) is 8.83. The van der Waals surface area contributed by atoms with E-state index in [1.165, 1.54) is 0 Å². The smallest absolute Gasteiger partial charge is 0.347 e. The fraction of sp³-hybridized carbons (Fsp3) is 0.381. The van der Waals surface area contributed by atoms with Crippen molar-refractivity contribution >= 4 is 5.97 Å². The van der Waals surface area contributed by atoms with Crippen molar-refractivity contribution in [3.63, 3.8) is 0 Å². The molecule has 1 heterocycles. The van der Waals surface area contributed by atoms with Gasteiger partial charge in [-0.15, -0.1) is 0 Å². The van der Waals surface area contributed by atoms with Gasteiger partial charge in [0.15, 0.2) is 0 Å². The molecule has 1 unspecified atom stereocenters. The van der Waals surface area contributed by atoms with Gasteiger partial charge in [0, 0.05) is 5.92 Å². The molecule has 4 atom stereocenters. The normalized spacial score (nSPS) is 26.6. The van der Waals surface area contributed by atoms with Gasteiger partial charge in [-0.1, -0.05) is 60.2 Å². The van der Waals surface area contributed by atoms with Gasteiger partial charge in [0.05, 0.1) is 6.61 Å². The molecule has 2 fully saturated rings. The van der Waals surface area contributed by atoms with E-state index in [2.05, 4.69) is 5.32 Å². The summed E-state index contributed by atoms with van der Waals surface area (Å²) < 4.78 is 5.60. The summed E-state index contributed by atoms with van der Waals surface area (Å²) in [6.45, 7) is 4.34. The van der Waals surface area contributed by atoms with Gasteiger partial charge in [0.2, 0.25) is 5.60 Å². The van der Waals surface area contributed by atoms with Crippen LogP contribution < -0.4 is 5.32 Å². The third kappa shape index (κ3) is 2.86. The van der Waals surface area contributed by atoms with Crippen molar-refractivity contribution < 1.29 is 14.6 Å². The highest BCUT2D eigenvalue weighted by Crippen LogP contribution is 2.48. The van der Waals surface area contributed by atoms with Crippen LogP contribution in [-0.4, -0.2) is 30.8 Å². The molecule has 1 saturated carbocycles. The molecule has 0 amide bonds. The standard InChI is InChI=1S/C21H23NO3/c1-14-6-5-9-16(10-14)21(24,15-7-3-2-4-8-15)20(23)25-13-19-17-11-22-12-18(17)19/h2-10,17-19,22,24H,11-13H2,1H3/t17-,18+,19?,21-/m0/s1. The lowest BCUT2D eigenvalue weighted by molar-refractivity contribution is -0.163. The second-order valence-corrected chi connectivity index (χ2v) is 7.19. The molecule has 1 aliphatic carbocycles. The maximum absolute atomic E-state index is 12.9. The van der Waals surface area contributed by atoms with E-state index in [1.54, 1.807) is 18.2 Å². The highest BCUT2D eigenvalue weighted by Gasteiger charge is 2.54. The minimum atomic E-state index is -1.78. The summed E-state index contributed by atoms with van der Waals surface area (Å²) in [6, 6.07) is 16.4. The second kappa shape index (κ2) is 6.28. The van der Waals surface area contributed by atoms with E-state index in [4.69, 9.17) is 4.74 Å². The Morgan fingerprint density at radius 1 is 1.12 bits per heavy atom. The van der Waals surface area contributed by atoms with Crippen molar-refractivity contribution in [3.05, 3.63) is 71.3 Å². The van der Waals surface area contributed by atoms with Gasteiger partial charge in [-0.3, -0.25) is 0 Å². The number of aryl methyl sites for hydroxylation is 1. The van der Waals surface area contributed by atoms with Crippen LogP contribution in [0.3, 0.4) is 0 Å². The Labute approximate surface area is 147 Å². The molecule has 2 aromatic rings. The molecule has 2 N–H and O–H groups in total. The molecular formula is C21H23NO3. The van der Waals surface area contributed by atoms with Crippen molar-refractivity contribution in [2.45, 2.75) is 12.5 Å². The average molecular weight is 337 g/mol. The van der Waals surface area contributed by atoms with E-state index < -0.39 is 11.6 Å². The molecule has 4 nitrogen and oxygen atoms in total. The number of fused-ring (bicyclic) bond motifs is 1. The number of esters is 1. The zero-order chi connectivity index (χ0) is 17.4. The zero-order valence-electron chi connectivity index (χ0n) is 14.3. The largest absolute Gasteiger partial charge is 0.463 e. The van der Waals surface area contributed by atoms with Gasteiger partial charge in [-0.2, -0.15) is 0 Å². The van der Waals surface area contributed by atoms with Crippen molar-refractivity contribution in [2.24, 2.45) is 17.8 Å². The van der Waals surface area contributed by atoms with Gasteiger partial charge < -0.3 is 15.2 Å². The van der Waals surface area contributed by atoms with E-state index in [-0.39, 0.29) is 0 Å². The van der Waals surface area contributed by atoms with E-state index in [0.717, 1.165) is 18.7 Å². The summed E-state index contributed by atoms with van der Waals surface area (Å²) in [5, 5.41) is 14.7. The monoisotopic (exact) mass is 337 g/mol. The Morgan fingerprint density at radius 3 is 2.48 bits per heavy atom. The minimum Gasteiger partial charge on any atom is -0.463 e. The van der Waals surface area contributed by atoms with Crippen LogP contribution in [-0.2, 0) is 15.1 Å². The van der Waals surface area contributed by atoms with Crippen molar-refractivity contribution in [3.8, 4) is 0 Å². The van der Waals surface area contributed by atoms with E-state index >= 15 is 0 Å². The highest BCUT2D eigenvalue weighted by molar-refractivity contribution is 5.85. The summed E-state index contributed by atoms with van der Waals surface area (Å²) in [4.78, 5) is 12.9. The number of carbonyl (C=O) groups excluding carboxylic acids is 1. The number of piperidine rings is 1. The first kappa shape index (κ1) is 16.3. The predicted molar refractivity (Wildman–Crippen MR) is 94.9 cm³/mol. The van der Waals surface area contributed by atoms with Crippen LogP contribution in [0.2, 0.25) is 0 Å². The predicted octanol–water partition coefficient (Wildman–Crippen LogP) is 2.24. The second-order valence-electron chi connectivity index (χ2n) is 7.19. The molecule has 130 valence electrons. The molecule has 2 aliphatic rings. The number of hydrogen-bond acceptors (Lipinski definition) is 4. The van der Waals surface area contributed by atoms with Crippen LogP contribution >= 0.6 is 0 Å². The Morgan fingerprint density at radius 2 is 1.80 bits per heavy atom. The number of aliphatic hydroxyl groups is 1. The van der Waals surface area contributed by atoms with Crippen LogP contribution in [0.5, 0.6) is 0 Å². The topological polar surface area (TPSA) is 58.6 Å².